The number of hydrogen-bond acceptors (Lipinski definition) is 5. The Hall–Kier alpha value is -3.28. The highest BCUT2D eigenvalue weighted by Crippen LogP contribution is 2.21. The van der Waals surface area contributed by atoms with E-state index in [1.54, 1.807) is 30.1 Å². The number of hydrogen-bond donors (Lipinski definition) is 1. The maximum Gasteiger partial charge on any atom is 0.338 e. The number of rotatable bonds is 10. The fraction of sp³-hybridized carbons (Fsp3) is 0.333. The molecule has 0 saturated carbocycles. The second-order valence-corrected chi connectivity index (χ2v) is 7.21. The molecule has 1 amide bonds. The molecule has 0 atom stereocenters. The van der Waals surface area contributed by atoms with Crippen molar-refractivity contribution < 1.29 is 13.9 Å². The Morgan fingerprint density at radius 3 is 2.63 bits per heavy atom. The van der Waals surface area contributed by atoms with Crippen LogP contribution in [0.15, 0.2) is 63.8 Å². The van der Waals surface area contributed by atoms with E-state index in [0.717, 1.165) is 36.1 Å². The van der Waals surface area contributed by atoms with E-state index in [-0.39, 0.29) is 11.5 Å². The molecule has 0 aliphatic heterocycles. The molecule has 0 saturated heterocycles. The first kappa shape index (κ1) is 21.4. The second kappa shape index (κ2) is 10.5. The number of nitrogens with zero attached hydrogens (tertiary/aromatic N) is 1. The number of nitrogens with one attached hydrogen (secondary N) is 1. The van der Waals surface area contributed by atoms with E-state index in [0.29, 0.717) is 30.8 Å². The van der Waals surface area contributed by atoms with Crippen molar-refractivity contribution in [2.75, 3.05) is 32.1 Å². The summed E-state index contributed by atoms with van der Waals surface area (Å²) in [5.74, 6) is 0.757. The van der Waals surface area contributed by atoms with Crippen LogP contribution in [-0.4, -0.2) is 37.6 Å². The Kier molecular flexibility index (Phi) is 7.49. The molecule has 6 heteroatoms. The van der Waals surface area contributed by atoms with E-state index in [1.165, 1.54) is 6.07 Å². The lowest BCUT2D eigenvalue weighted by atomic mass is 10.2. The first-order valence-electron chi connectivity index (χ1n) is 10.3. The minimum atomic E-state index is -0.384. The van der Waals surface area contributed by atoms with Crippen molar-refractivity contribution in [3.05, 3.63) is 70.6 Å². The van der Waals surface area contributed by atoms with Crippen molar-refractivity contribution in [2.45, 2.75) is 26.2 Å². The summed E-state index contributed by atoms with van der Waals surface area (Å²) in [6.45, 7) is 4.04. The molecule has 0 aliphatic rings. The van der Waals surface area contributed by atoms with E-state index in [4.69, 9.17) is 9.15 Å². The van der Waals surface area contributed by atoms with Crippen LogP contribution in [-0.2, 0) is 0 Å². The van der Waals surface area contributed by atoms with Crippen LogP contribution < -0.4 is 15.7 Å². The maximum atomic E-state index is 12.6. The summed E-state index contributed by atoms with van der Waals surface area (Å²) in [6.07, 6.45) is 2.85. The molecule has 3 aromatic rings. The van der Waals surface area contributed by atoms with Crippen LogP contribution in [0.5, 0.6) is 5.75 Å². The fourth-order valence-corrected chi connectivity index (χ4v) is 3.15. The number of amides is 1. The van der Waals surface area contributed by atoms with Gasteiger partial charge in [0.25, 0.3) is 5.91 Å². The lowest BCUT2D eigenvalue weighted by Crippen LogP contribution is -2.28. The Balaban J connectivity index is 1.49. The summed E-state index contributed by atoms with van der Waals surface area (Å²) in [7, 11) is 1.79. The first-order valence-corrected chi connectivity index (χ1v) is 10.3. The van der Waals surface area contributed by atoms with Crippen molar-refractivity contribution in [1.29, 1.82) is 0 Å². The van der Waals surface area contributed by atoms with Crippen molar-refractivity contribution in [3.63, 3.8) is 0 Å². The number of carbonyl (C=O) groups excluding carboxylic acids is 1. The monoisotopic (exact) mass is 408 g/mol. The van der Waals surface area contributed by atoms with Crippen LogP contribution in [0.25, 0.3) is 11.0 Å². The quantitative estimate of drug-likeness (QED) is 0.394. The van der Waals surface area contributed by atoms with Crippen molar-refractivity contribution in [1.82, 2.24) is 4.90 Å². The van der Waals surface area contributed by atoms with Gasteiger partial charge in [-0.1, -0.05) is 25.5 Å². The minimum Gasteiger partial charge on any atom is -0.494 e. The average molecular weight is 408 g/mol. The highest BCUT2D eigenvalue weighted by molar-refractivity contribution is 5.94. The summed E-state index contributed by atoms with van der Waals surface area (Å²) >= 11 is 0. The molecule has 158 valence electrons. The van der Waals surface area contributed by atoms with E-state index in [9.17, 15) is 9.59 Å². The van der Waals surface area contributed by atoms with Crippen molar-refractivity contribution >= 4 is 22.6 Å². The third kappa shape index (κ3) is 5.63. The predicted octanol–water partition coefficient (Wildman–Crippen LogP) is 4.55. The van der Waals surface area contributed by atoms with Gasteiger partial charge in [0.1, 0.15) is 11.3 Å². The summed E-state index contributed by atoms with van der Waals surface area (Å²) in [5, 5.41) is 4.14. The van der Waals surface area contributed by atoms with E-state index in [2.05, 4.69) is 12.2 Å². The molecular weight excluding hydrogens is 380 g/mol. The van der Waals surface area contributed by atoms with E-state index >= 15 is 0 Å². The molecule has 0 radical (unpaired) electrons. The zero-order valence-corrected chi connectivity index (χ0v) is 17.5. The molecule has 30 heavy (non-hydrogen) atoms. The second-order valence-electron chi connectivity index (χ2n) is 7.21. The molecule has 0 fully saturated rings. The number of benzene rings is 2. The third-order valence-corrected chi connectivity index (χ3v) is 4.85. The van der Waals surface area contributed by atoms with Crippen LogP contribution in [0.3, 0.4) is 0 Å². The molecule has 6 nitrogen and oxygen atoms in total. The Bertz CT molecular complexity index is 1030. The Morgan fingerprint density at radius 1 is 1.10 bits per heavy atom. The summed E-state index contributed by atoms with van der Waals surface area (Å²) in [6, 6.07) is 16.2. The van der Waals surface area contributed by atoms with Gasteiger partial charge in [-0.25, -0.2) is 4.79 Å². The highest BCUT2D eigenvalue weighted by Gasteiger charge is 2.11. The zero-order valence-electron chi connectivity index (χ0n) is 17.5. The van der Waals surface area contributed by atoms with Crippen LogP contribution in [0.2, 0.25) is 0 Å². The topological polar surface area (TPSA) is 71.8 Å². The van der Waals surface area contributed by atoms with Gasteiger partial charge < -0.3 is 19.4 Å². The lowest BCUT2D eigenvalue weighted by molar-refractivity contribution is 0.0794. The van der Waals surface area contributed by atoms with E-state index < -0.39 is 0 Å². The average Bonchev–Trinajstić information content (AvgIpc) is 2.76. The largest absolute Gasteiger partial charge is 0.494 e. The zero-order chi connectivity index (χ0) is 21.3. The summed E-state index contributed by atoms with van der Waals surface area (Å²) in [4.78, 5) is 26.0. The van der Waals surface area contributed by atoms with Crippen LogP contribution >= 0.6 is 0 Å². The smallest absolute Gasteiger partial charge is 0.338 e. The molecule has 1 heterocycles. The number of para-hydroxylation sites is 1. The standard InChI is InChI=1S/C24H28N2O4/c1-3-4-16-29-19-12-10-18(11-13-19)24(28)26(2)15-7-14-25-21-17-23(27)30-22-9-6-5-8-20(21)22/h5-6,8-13,17,25H,3-4,7,14-16H2,1-2H3. The predicted molar refractivity (Wildman–Crippen MR) is 119 cm³/mol. The lowest BCUT2D eigenvalue weighted by Gasteiger charge is -2.18. The molecule has 0 spiro atoms. The Morgan fingerprint density at radius 2 is 1.87 bits per heavy atom. The van der Waals surface area contributed by atoms with Gasteiger partial charge in [-0.05, 0) is 49.2 Å². The molecule has 0 bridgehead atoms. The molecule has 0 aliphatic carbocycles. The van der Waals surface area contributed by atoms with Gasteiger partial charge in [-0.15, -0.1) is 0 Å². The SMILES string of the molecule is CCCCOc1ccc(C(=O)N(C)CCCNc2cc(=O)oc3ccccc23)cc1. The van der Waals surface area contributed by atoms with Gasteiger partial charge in [0.15, 0.2) is 0 Å². The summed E-state index contributed by atoms with van der Waals surface area (Å²) in [5.41, 5.74) is 1.56. The van der Waals surface area contributed by atoms with Crippen LogP contribution in [0.1, 0.15) is 36.5 Å². The van der Waals surface area contributed by atoms with Gasteiger partial charge in [-0.3, -0.25) is 4.79 Å². The van der Waals surface area contributed by atoms with Gasteiger partial charge in [0.2, 0.25) is 0 Å². The number of anilines is 1. The fourth-order valence-electron chi connectivity index (χ4n) is 3.15. The molecule has 3 rings (SSSR count). The first-order chi connectivity index (χ1) is 14.6. The molecule has 0 unspecified atom stereocenters. The number of ether oxygens (including phenoxy) is 1. The van der Waals surface area contributed by atoms with Crippen LogP contribution in [0, 0.1) is 0 Å². The van der Waals surface area contributed by atoms with Gasteiger partial charge in [0, 0.05) is 37.2 Å². The number of unbranched alkanes of at least 4 members (excludes halogenated alkanes) is 1. The molecule has 2 aromatic carbocycles. The maximum absolute atomic E-state index is 12.6. The van der Waals surface area contributed by atoms with Crippen LogP contribution in [0.4, 0.5) is 5.69 Å². The Labute approximate surface area is 176 Å². The summed E-state index contributed by atoms with van der Waals surface area (Å²) < 4.78 is 10.8. The highest BCUT2D eigenvalue weighted by atomic mass is 16.5. The van der Waals surface area contributed by atoms with Crippen molar-refractivity contribution in [3.8, 4) is 5.75 Å². The molecule has 1 aromatic heterocycles. The molecular formula is C24H28N2O4. The number of carbonyl (C=O) groups is 1. The van der Waals surface area contributed by atoms with Gasteiger partial charge in [-0.2, -0.15) is 0 Å². The minimum absolute atomic E-state index is 0.0269. The molecule has 1 N–H and O–H groups in total. The normalized spacial score (nSPS) is 10.7. The van der Waals surface area contributed by atoms with Gasteiger partial charge in [0.05, 0.1) is 12.3 Å². The van der Waals surface area contributed by atoms with Crippen molar-refractivity contribution in [2.24, 2.45) is 0 Å². The van der Waals surface area contributed by atoms with E-state index in [1.807, 2.05) is 30.3 Å². The number of fused-ring (bicyclic) bond motifs is 1. The van der Waals surface area contributed by atoms with Gasteiger partial charge >= 0.3 is 5.63 Å². The third-order valence-electron chi connectivity index (χ3n) is 4.85.